The minimum Gasteiger partial charge on any atom is -0.481 e. The number of nitrogens with one attached hydrogen (secondary N) is 5. The van der Waals surface area contributed by atoms with E-state index in [1.54, 1.807) is 20.0 Å². The number of esters is 1. The predicted molar refractivity (Wildman–Crippen MR) is 171 cm³/mol. The van der Waals surface area contributed by atoms with Crippen molar-refractivity contribution in [2.45, 2.75) is 84.0 Å². The zero-order chi connectivity index (χ0) is 35.3. The van der Waals surface area contributed by atoms with E-state index in [9.17, 15) is 44.1 Å². The molecule has 0 aliphatic carbocycles. The number of para-hydroxylation sites is 1. The number of aliphatic carboxylic acids is 1. The van der Waals surface area contributed by atoms with E-state index in [1.165, 1.54) is 21.0 Å². The molecule has 1 aromatic heterocycles. The summed E-state index contributed by atoms with van der Waals surface area (Å²) in [5.41, 5.74) is 0.459. The van der Waals surface area contributed by atoms with Gasteiger partial charge in [-0.05, 0) is 24.0 Å². The van der Waals surface area contributed by atoms with Gasteiger partial charge in [0.05, 0.1) is 13.7 Å². The molecule has 260 valence electrons. The van der Waals surface area contributed by atoms with Gasteiger partial charge in [0.1, 0.15) is 24.2 Å². The van der Waals surface area contributed by atoms with Crippen LogP contribution in [0.2, 0.25) is 0 Å². The van der Waals surface area contributed by atoms with E-state index in [-0.39, 0.29) is 25.8 Å². The van der Waals surface area contributed by atoms with Gasteiger partial charge in [-0.2, -0.15) is 0 Å². The van der Waals surface area contributed by atoms with Crippen molar-refractivity contribution in [1.82, 2.24) is 26.3 Å². The Hall–Kier alpha value is -4.50. The predicted octanol–water partition coefficient (Wildman–Crippen LogP) is 0.134. The standard InChI is InChI=1S/C32H47N5O10/c1-6-18(2)26(37-24(39)13-14-33-30(45)27(42)32(3,4)17-38)29(44)35-22(11-12-25(40)41)28(43)36-23(31(46)47-5)15-19-16-34-21-10-8-7-9-20(19)21/h7-10,16,18,22-23,26-27,34,38,42H,6,11-15,17H2,1-5H3,(H,33,45)(H,35,44)(H,36,43)(H,37,39)(H,40,41). The molecule has 47 heavy (non-hydrogen) atoms. The van der Waals surface area contributed by atoms with Crippen molar-refractivity contribution >= 4 is 46.5 Å². The lowest BCUT2D eigenvalue weighted by Crippen LogP contribution is -2.57. The molecule has 0 aliphatic rings. The number of aromatic amines is 1. The number of hydrogen-bond acceptors (Lipinski definition) is 9. The molecule has 1 heterocycles. The molecule has 15 heteroatoms. The third-order valence-electron chi connectivity index (χ3n) is 8.04. The number of aliphatic hydroxyl groups is 2. The van der Waals surface area contributed by atoms with E-state index >= 15 is 0 Å². The molecule has 0 saturated heterocycles. The molecule has 0 fully saturated rings. The van der Waals surface area contributed by atoms with Crippen LogP contribution < -0.4 is 21.3 Å². The Kier molecular flexibility index (Phi) is 14.8. The number of aromatic nitrogens is 1. The number of rotatable bonds is 19. The largest absolute Gasteiger partial charge is 0.481 e. The molecule has 2 rings (SSSR count). The average molecular weight is 662 g/mol. The molecule has 15 nitrogen and oxygen atoms in total. The van der Waals surface area contributed by atoms with E-state index in [4.69, 9.17) is 4.74 Å². The van der Waals surface area contributed by atoms with Gasteiger partial charge in [-0.25, -0.2) is 4.79 Å². The third kappa shape index (κ3) is 11.4. The number of carbonyl (C=O) groups is 6. The number of benzene rings is 1. The summed E-state index contributed by atoms with van der Waals surface area (Å²) in [5, 5.41) is 39.8. The van der Waals surface area contributed by atoms with E-state index in [0.717, 1.165) is 16.5 Å². The monoisotopic (exact) mass is 661 g/mol. The van der Waals surface area contributed by atoms with E-state index in [2.05, 4.69) is 26.3 Å². The lowest BCUT2D eigenvalue weighted by Gasteiger charge is -2.28. The Balaban J connectivity index is 2.15. The first-order valence-electron chi connectivity index (χ1n) is 15.5. The normalized spacial score (nSPS) is 14.6. The van der Waals surface area contributed by atoms with Gasteiger partial charge < -0.3 is 46.3 Å². The smallest absolute Gasteiger partial charge is 0.328 e. The van der Waals surface area contributed by atoms with E-state index in [0.29, 0.717) is 6.42 Å². The van der Waals surface area contributed by atoms with Crippen LogP contribution in [0.15, 0.2) is 30.5 Å². The number of H-pyrrole nitrogens is 1. The fourth-order valence-corrected chi connectivity index (χ4v) is 4.71. The Morgan fingerprint density at radius 3 is 2.23 bits per heavy atom. The molecule has 5 atom stereocenters. The lowest BCUT2D eigenvalue weighted by atomic mass is 9.87. The molecule has 5 unspecified atom stereocenters. The Bertz CT molecular complexity index is 1410. The minimum absolute atomic E-state index is 0.0542. The number of methoxy groups -OCH3 is 1. The van der Waals surface area contributed by atoms with Crippen LogP contribution >= 0.6 is 0 Å². The Morgan fingerprint density at radius 1 is 0.957 bits per heavy atom. The van der Waals surface area contributed by atoms with Crippen LogP contribution in [0, 0.1) is 11.3 Å². The summed E-state index contributed by atoms with van der Waals surface area (Å²) in [4.78, 5) is 79.0. The lowest BCUT2D eigenvalue weighted by molar-refractivity contribution is -0.145. The highest BCUT2D eigenvalue weighted by molar-refractivity contribution is 5.94. The van der Waals surface area contributed by atoms with Gasteiger partial charge in [0.15, 0.2) is 0 Å². The first-order chi connectivity index (χ1) is 22.1. The Morgan fingerprint density at radius 2 is 1.62 bits per heavy atom. The van der Waals surface area contributed by atoms with Gasteiger partial charge in [-0.3, -0.25) is 24.0 Å². The summed E-state index contributed by atoms with van der Waals surface area (Å²) >= 11 is 0. The maximum absolute atomic E-state index is 13.5. The van der Waals surface area contributed by atoms with Gasteiger partial charge in [0, 0.05) is 48.3 Å². The number of fused-ring (bicyclic) bond motifs is 1. The number of hydrogen-bond donors (Lipinski definition) is 8. The fraction of sp³-hybridized carbons (Fsp3) is 0.562. The zero-order valence-electron chi connectivity index (χ0n) is 27.4. The van der Waals surface area contributed by atoms with Crippen LogP contribution in [-0.2, 0) is 39.9 Å². The molecule has 4 amide bonds. The second kappa shape index (κ2) is 18.0. The molecule has 8 N–H and O–H groups in total. The van der Waals surface area contributed by atoms with Crippen LogP contribution in [0.5, 0.6) is 0 Å². The highest BCUT2D eigenvalue weighted by Gasteiger charge is 2.34. The van der Waals surface area contributed by atoms with Crippen molar-refractivity contribution in [3.63, 3.8) is 0 Å². The molecule has 0 saturated carbocycles. The molecule has 0 radical (unpaired) electrons. The number of carboxylic acid groups (broad SMARTS) is 1. The first-order valence-corrected chi connectivity index (χ1v) is 15.5. The number of ether oxygens (including phenoxy) is 1. The summed E-state index contributed by atoms with van der Waals surface area (Å²) in [6.07, 6.45) is -0.299. The highest BCUT2D eigenvalue weighted by atomic mass is 16.5. The van der Waals surface area contributed by atoms with Crippen LogP contribution in [0.4, 0.5) is 0 Å². The van der Waals surface area contributed by atoms with Crippen molar-refractivity contribution < 1.29 is 48.8 Å². The highest BCUT2D eigenvalue weighted by Crippen LogP contribution is 2.20. The Labute approximate surface area is 273 Å². The maximum atomic E-state index is 13.5. The number of aliphatic hydroxyl groups excluding tert-OH is 2. The van der Waals surface area contributed by atoms with Crippen molar-refractivity contribution in [3.8, 4) is 0 Å². The number of carbonyl (C=O) groups excluding carboxylic acids is 5. The molecular formula is C32H47N5O10. The van der Waals surface area contributed by atoms with Crippen molar-refractivity contribution in [2.24, 2.45) is 11.3 Å². The summed E-state index contributed by atoms with van der Waals surface area (Å²) in [6, 6.07) is 3.74. The fourth-order valence-electron chi connectivity index (χ4n) is 4.71. The van der Waals surface area contributed by atoms with Crippen LogP contribution in [0.25, 0.3) is 10.9 Å². The average Bonchev–Trinajstić information content (AvgIpc) is 3.46. The summed E-state index contributed by atoms with van der Waals surface area (Å²) < 4.78 is 4.90. The molecule has 0 aliphatic heterocycles. The topological polar surface area (TPSA) is 236 Å². The zero-order valence-corrected chi connectivity index (χ0v) is 27.4. The van der Waals surface area contributed by atoms with Crippen molar-refractivity contribution in [2.75, 3.05) is 20.3 Å². The minimum atomic E-state index is -1.51. The summed E-state index contributed by atoms with van der Waals surface area (Å²) in [6.45, 7) is 5.91. The number of amides is 4. The number of carboxylic acids is 1. The van der Waals surface area contributed by atoms with Gasteiger partial charge in [-0.1, -0.05) is 52.3 Å². The van der Waals surface area contributed by atoms with Gasteiger partial charge in [-0.15, -0.1) is 0 Å². The molecule has 1 aromatic carbocycles. The van der Waals surface area contributed by atoms with Crippen LogP contribution in [0.1, 0.15) is 58.9 Å². The van der Waals surface area contributed by atoms with Gasteiger partial charge in [0.2, 0.25) is 23.6 Å². The van der Waals surface area contributed by atoms with Crippen LogP contribution in [0.3, 0.4) is 0 Å². The molecule has 0 spiro atoms. The summed E-state index contributed by atoms with van der Waals surface area (Å²) in [7, 11) is 1.17. The molecule has 0 bridgehead atoms. The maximum Gasteiger partial charge on any atom is 0.328 e. The third-order valence-corrected chi connectivity index (χ3v) is 8.04. The second-order valence-electron chi connectivity index (χ2n) is 12.2. The van der Waals surface area contributed by atoms with Crippen LogP contribution in [-0.4, -0.2) is 100 Å². The van der Waals surface area contributed by atoms with E-state index < -0.39 is 84.2 Å². The molecular weight excluding hydrogens is 614 g/mol. The van der Waals surface area contributed by atoms with Gasteiger partial charge in [0.25, 0.3) is 0 Å². The van der Waals surface area contributed by atoms with Crippen molar-refractivity contribution in [3.05, 3.63) is 36.0 Å². The second-order valence-corrected chi connectivity index (χ2v) is 12.2. The van der Waals surface area contributed by atoms with E-state index in [1.807, 2.05) is 24.3 Å². The van der Waals surface area contributed by atoms with Gasteiger partial charge >= 0.3 is 11.9 Å². The summed E-state index contributed by atoms with van der Waals surface area (Å²) in [5.74, 6) is -5.27. The first kappa shape index (κ1) is 38.7. The van der Waals surface area contributed by atoms with Crippen molar-refractivity contribution in [1.29, 1.82) is 0 Å². The SMILES string of the molecule is CCC(C)C(NC(=O)CCNC(=O)C(O)C(C)(C)CO)C(=O)NC(CCC(=O)O)C(=O)NC(Cc1c[nH]c2ccccc12)C(=O)OC. The quantitative estimate of drug-likeness (QED) is 0.0948. The molecule has 2 aromatic rings.